The minimum Gasteiger partial charge on any atom is -0.483 e. The Morgan fingerprint density at radius 3 is 2.74 bits per heavy atom. The van der Waals surface area contributed by atoms with Crippen molar-refractivity contribution in [1.82, 2.24) is 9.97 Å². The molecule has 1 amide bonds. The van der Waals surface area contributed by atoms with Gasteiger partial charge in [-0.25, -0.2) is 9.97 Å². The number of aromatic nitrogens is 2. The van der Waals surface area contributed by atoms with E-state index in [2.05, 4.69) is 9.97 Å². The minimum atomic E-state index is -0.446. The Morgan fingerprint density at radius 2 is 2.00 bits per heavy atom. The molecule has 8 heteroatoms. The number of fused-ring (bicyclic) bond motifs is 1. The average Bonchev–Trinajstić information content (AvgIpc) is 3.58. The normalized spacial score (nSPS) is 20.6. The van der Waals surface area contributed by atoms with Crippen molar-refractivity contribution >= 4 is 17.4 Å². The van der Waals surface area contributed by atoms with Crippen LogP contribution in [0.1, 0.15) is 36.0 Å². The zero-order valence-corrected chi connectivity index (χ0v) is 17.8. The number of hydrogen-bond donors (Lipinski definition) is 1. The van der Waals surface area contributed by atoms with E-state index in [4.69, 9.17) is 9.47 Å². The number of anilines is 2. The Morgan fingerprint density at radius 1 is 1.23 bits per heavy atom. The largest absolute Gasteiger partial charge is 0.483 e. The second-order valence-electron chi connectivity index (χ2n) is 9.03. The number of rotatable bonds is 5. The van der Waals surface area contributed by atoms with Crippen molar-refractivity contribution in [2.45, 2.75) is 31.3 Å². The second kappa shape index (κ2) is 7.76. The number of aliphatic hydroxyl groups excluding tert-OH is 1. The molecule has 1 spiro atoms. The SMILES string of the molecule is CN(CC1(CO)CC1)c1ncncc1C(=O)N1CC2(CCOCC2)Oc2ccccc21. The Hall–Kier alpha value is -2.71. The van der Waals surface area contributed by atoms with Crippen LogP contribution in [-0.4, -0.2) is 66.5 Å². The first-order chi connectivity index (χ1) is 15.0. The van der Waals surface area contributed by atoms with Crippen LogP contribution in [0.4, 0.5) is 11.5 Å². The fraction of sp³-hybridized carbons (Fsp3) is 0.522. The molecule has 0 atom stereocenters. The zero-order valence-electron chi connectivity index (χ0n) is 17.8. The van der Waals surface area contributed by atoms with Gasteiger partial charge >= 0.3 is 0 Å². The van der Waals surface area contributed by atoms with E-state index in [1.165, 1.54) is 6.33 Å². The Balaban J connectivity index is 1.48. The molecule has 0 unspecified atom stereocenters. The van der Waals surface area contributed by atoms with Crippen LogP contribution in [0.25, 0.3) is 0 Å². The first-order valence-corrected chi connectivity index (χ1v) is 10.8. The third-order valence-corrected chi connectivity index (χ3v) is 6.73. The minimum absolute atomic E-state index is 0.0856. The Labute approximate surface area is 181 Å². The molecule has 0 radical (unpaired) electrons. The van der Waals surface area contributed by atoms with Crippen molar-refractivity contribution < 1.29 is 19.4 Å². The van der Waals surface area contributed by atoms with Gasteiger partial charge in [-0.1, -0.05) is 12.1 Å². The summed E-state index contributed by atoms with van der Waals surface area (Å²) in [5, 5.41) is 9.73. The summed E-state index contributed by atoms with van der Waals surface area (Å²) in [5.74, 6) is 1.16. The molecule has 1 saturated carbocycles. The lowest BCUT2D eigenvalue weighted by molar-refractivity contribution is -0.0448. The van der Waals surface area contributed by atoms with Crippen molar-refractivity contribution in [2.75, 3.05) is 49.8 Å². The van der Waals surface area contributed by atoms with E-state index in [9.17, 15) is 9.90 Å². The monoisotopic (exact) mass is 424 g/mol. The van der Waals surface area contributed by atoms with Crippen LogP contribution >= 0.6 is 0 Å². The maximum Gasteiger partial charge on any atom is 0.263 e. The summed E-state index contributed by atoms with van der Waals surface area (Å²) in [6.45, 7) is 2.51. The number of para-hydroxylation sites is 2. The number of amides is 1. The number of hydrogen-bond acceptors (Lipinski definition) is 7. The molecule has 1 aromatic carbocycles. The van der Waals surface area contributed by atoms with E-state index in [0.717, 1.165) is 31.4 Å². The van der Waals surface area contributed by atoms with E-state index in [0.29, 0.717) is 43.4 Å². The maximum absolute atomic E-state index is 13.8. The second-order valence-corrected chi connectivity index (χ2v) is 9.03. The molecule has 3 aliphatic rings. The lowest BCUT2D eigenvalue weighted by atomic mass is 9.91. The summed E-state index contributed by atoms with van der Waals surface area (Å²) in [5.41, 5.74) is 0.685. The summed E-state index contributed by atoms with van der Waals surface area (Å²) in [6.07, 6.45) is 6.51. The lowest BCUT2D eigenvalue weighted by Gasteiger charge is -2.45. The highest BCUT2D eigenvalue weighted by molar-refractivity contribution is 6.10. The van der Waals surface area contributed by atoms with E-state index in [1.54, 1.807) is 11.1 Å². The summed E-state index contributed by atoms with van der Waals surface area (Å²) in [7, 11) is 1.92. The molecule has 5 rings (SSSR count). The van der Waals surface area contributed by atoms with Crippen molar-refractivity contribution in [2.24, 2.45) is 5.41 Å². The molecule has 1 saturated heterocycles. The van der Waals surface area contributed by atoms with E-state index in [1.807, 2.05) is 36.2 Å². The summed E-state index contributed by atoms with van der Waals surface area (Å²) < 4.78 is 11.9. The molecule has 164 valence electrons. The van der Waals surface area contributed by atoms with Crippen LogP contribution in [-0.2, 0) is 4.74 Å². The van der Waals surface area contributed by atoms with E-state index < -0.39 is 5.60 Å². The van der Waals surface area contributed by atoms with Gasteiger partial charge in [-0.3, -0.25) is 4.79 Å². The molecular formula is C23H28N4O4. The van der Waals surface area contributed by atoms with Crippen LogP contribution in [0, 0.1) is 5.41 Å². The molecule has 2 aromatic rings. The summed E-state index contributed by atoms with van der Waals surface area (Å²) in [6, 6.07) is 7.67. The van der Waals surface area contributed by atoms with Gasteiger partial charge in [-0.15, -0.1) is 0 Å². The molecule has 2 aliphatic heterocycles. The lowest BCUT2D eigenvalue weighted by Crippen LogP contribution is -2.55. The predicted molar refractivity (Wildman–Crippen MR) is 116 cm³/mol. The molecule has 8 nitrogen and oxygen atoms in total. The van der Waals surface area contributed by atoms with Gasteiger partial charge in [-0.05, 0) is 25.0 Å². The molecule has 2 fully saturated rings. The van der Waals surface area contributed by atoms with E-state index in [-0.39, 0.29) is 17.9 Å². The number of aliphatic hydroxyl groups is 1. The highest BCUT2D eigenvalue weighted by Crippen LogP contribution is 2.46. The van der Waals surface area contributed by atoms with Crippen LogP contribution in [0.3, 0.4) is 0 Å². The molecule has 1 aromatic heterocycles. The first-order valence-electron chi connectivity index (χ1n) is 10.8. The van der Waals surface area contributed by atoms with Crippen LogP contribution in [0.15, 0.2) is 36.8 Å². The molecule has 0 bridgehead atoms. The van der Waals surface area contributed by atoms with Crippen molar-refractivity contribution in [3.8, 4) is 5.75 Å². The van der Waals surface area contributed by atoms with Gasteiger partial charge in [0.15, 0.2) is 0 Å². The number of nitrogens with zero attached hydrogens (tertiary/aromatic N) is 4. The fourth-order valence-corrected chi connectivity index (χ4v) is 4.63. The van der Waals surface area contributed by atoms with Gasteiger partial charge in [0.1, 0.15) is 29.1 Å². The Bertz CT molecular complexity index is 972. The standard InChI is InChI=1S/C23H28N4O4/c1-26(13-22(15-28)6-7-22)20-17(12-24-16-25-20)21(29)27-14-23(8-10-30-11-9-23)31-19-5-3-2-4-18(19)27/h2-5,12,16,28H,6-11,13-15H2,1H3. The zero-order chi connectivity index (χ0) is 21.5. The molecule has 31 heavy (non-hydrogen) atoms. The highest BCUT2D eigenvalue weighted by Gasteiger charge is 2.45. The molecular weight excluding hydrogens is 396 g/mol. The molecule has 1 N–H and O–H groups in total. The third-order valence-electron chi connectivity index (χ3n) is 6.73. The van der Waals surface area contributed by atoms with Crippen LogP contribution in [0.2, 0.25) is 0 Å². The number of benzene rings is 1. The maximum atomic E-state index is 13.8. The third kappa shape index (κ3) is 3.74. The quantitative estimate of drug-likeness (QED) is 0.788. The number of carbonyl (C=O) groups excluding carboxylic acids is 1. The van der Waals surface area contributed by atoms with Crippen LogP contribution in [0.5, 0.6) is 5.75 Å². The number of carbonyl (C=O) groups is 1. The van der Waals surface area contributed by atoms with Gasteiger partial charge in [0, 0.05) is 38.0 Å². The van der Waals surface area contributed by atoms with Gasteiger partial charge in [0.05, 0.1) is 32.1 Å². The Kier molecular flexibility index (Phi) is 5.06. The van der Waals surface area contributed by atoms with Gasteiger partial charge in [0.25, 0.3) is 5.91 Å². The summed E-state index contributed by atoms with van der Waals surface area (Å²) in [4.78, 5) is 26.2. The highest BCUT2D eigenvalue weighted by atomic mass is 16.5. The first kappa shape index (κ1) is 20.2. The predicted octanol–water partition coefficient (Wildman–Crippen LogP) is 2.27. The van der Waals surface area contributed by atoms with Gasteiger partial charge < -0.3 is 24.4 Å². The topological polar surface area (TPSA) is 88.0 Å². The summed E-state index contributed by atoms with van der Waals surface area (Å²) >= 11 is 0. The molecule has 1 aliphatic carbocycles. The smallest absolute Gasteiger partial charge is 0.263 e. The number of ether oxygens (including phenoxy) is 2. The average molecular weight is 425 g/mol. The van der Waals surface area contributed by atoms with Crippen molar-refractivity contribution in [3.63, 3.8) is 0 Å². The van der Waals surface area contributed by atoms with Gasteiger partial charge in [-0.2, -0.15) is 0 Å². The molecule has 3 heterocycles. The fourth-order valence-electron chi connectivity index (χ4n) is 4.63. The van der Waals surface area contributed by atoms with Gasteiger partial charge in [0.2, 0.25) is 0 Å². The van der Waals surface area contributed by atoms with Crippen molar-refractivity contribution in [3.05, 3.63) is 42.4 Å². The van der Waals surface area contributed by atoms with Crippen molar-refractivity contribution in [1.29, 1.82) is 0 Å². The van der Waals surface area contributed by atoms with E-state index >= 15 is 0 Å². The van der Waals surface area contributed by atoms with Crippen LogP contribution < -0.4 is 14.5 Å².